The summed E-state index contributed by atoms with van der Waals surface area (Å²) in [6.07, 6.45) is 0.531. The Morgan fingerprint density at radius 2 is 1.73 bits per heavy atom. The van der Waals surface area contributed by atoms with Crippen LogP contribution in [0.5, 0.6) is 17.2 Å². The van der Waals surface area contributed by atoms with E-state index in [4.69, 9.17) is 14.2 Å². The molecule has 0 unspecified atom stereocenters. The average Bonchev–Trinajstić information content (AvgIpc) is 3.28. The number of allylic oxidation sites excluding steroid dienone is 1. The van der Waals surface area contributed by atoms with Crippen LogP contribution in [0.3, 0.4) is 0 Å². The molecule has 1 aliphatic carbocycles. The molecule has 30 heavy (non-hydrogen) atoms. The maximum atomic E-state index is 13.5. The first-order valence-corrected chi connectivity index (χ1v) is 10.4. The highest BCUT2D eigenvalue weighted by molar-refractivity contribution is 8.03. The number of methoxy groups -OCH3 is 3. The van der Waals surface area contributed by atoms with Crippen molar-refractivity contribution in [2.75, 3.05) is 33.3 Å². The van der Waals surface area contributed by atoms with Gasteiger partial charge in [-0.3, -0.25) is 4.79 Å². The topological polar surface area (TPSA) is 48.0 Å². The Kier molecular flexibility index (Phi) is 4.40. The largest absolute Gasteiger partial charge is 0.493 e. The van der Waals surface area contributed by atoms with Gasteiger partial charge in [-0.25, -0.2) is 0 Å². The molecule has 2 aliphatic rings. The number of fused-ring (bicyclic) bond motifs is 4. The molecule has 0 radical (unpaired) electrons. The molecule has 1 aliphatic heterocycles. The quantitative estimate of drug-likeness (QED) is 0.553. The third kappa shape index (κ3) is 2.53. The van der Waals surface area contributed by atoms with E-state index in [-0.39, 0.29) is 5.78 Å². The van der Waals surface area contributed by atoms with Gasteiger partial charge in [-0.1, -0.05) is 42.1 Å². The van der Waals surface area contributed by atoms with E-state index in [9.17, 15) is 4.79 Å². The SMILES string of the molecule is COc1cc2c(c(OC)c1OC)C(=O)/C(=C1\Sc3ccc4ccccc4c3N1C)C2. The van der Waals surface area contributed by atoms with E-state index < -0.39 is 0 Å². The molecule has 0 atom stereocenters. The van der Waals surface area contributed by atoms with Crippen molar-refractivity contribution in [2.45, 2.75) is 11.3 Å². The molecule has 6 heteroatoms. The monoisotopic (exact) mass is 419 g/mol. The van der Waals surface area contributed by atoms with Crippen molar-refractivity contribution in [1.29, 1.82) is 0 Å². The van der Waals surface area contributed by atoms with Gasteiger partial charge >= 0.3 is 0 Å². The molecule has 0 aromatic heterocycles. The number of carbonyl (C=O) groups is 1. The molecule has 0 fully saturated rings. The average molecular weight is 420 g/mol. The van der Waals surface area contributed by atoms with E-state index >= 15 is 0 Å². The highest BCUT2D eigenvalue weighted by Crippen LogP contribution is 2.53. The zero-order valence-corrected chi connectivity index (χ0v) is 18.1. The first kappa shape index (κ1) is 18.9. The summed E-state index contributed by atoms with van der Waals surface area (Å²) in [5.41, 5.74) is 3.37. The number of ether oxygens (including phenoxy) is 3. The Bertz CT molecular complexity index is 1250. The van der Waals surface area contributed by atoms with Crippen LogP contribution in [0.1, 0.15) is 15.9 Å². The van der Waals surface area contributed by atoms with Crippen LogP contribution in [0.2, 0.25) is 0 Å². The number of hydrogen-bond donors (Lipinski definition) is 0. The molecule has 5 rings (SSSR count). The van der Waals surface area contributed by atoms with Crippen molar-refractivity contribution in [2.24, 2.45) is 0 Å². The lowest BCUT2D eigenvalue weighted by molar-refractivity contribution is 0.103. The van der Waals surface area contributed by atoms with Gasteiger partial charge in [0, 0.05) is 29.3 Å². The number of Topliss-reactive ketones (excluding diaryl/α,β-unsaturated/α-hetero) is 1. The lowest BCUT2D eigenvalue weighted by Crippen LogP contribution is -2.14. The van der Waals surface area contributed by atoms with Crippen LogP contribution in [0.15, 0.2) is 58.0 Å². The Labute approximate surface area is 179 Å². The van der Waals surface area contributed by atoms with Crippen molar-refractivity contribution >= 4 is 34.0 Å². The summed E-state index contributed by atoms with van der Waals surface area (Å²) in [5.74, 6) is 1.42. The number of nitrogens with zero attached hydrogens (tertiary/aromatic N) is 1. The predicted molar refractivity (Wildman–Crippen MR) is 119 cm³/mol. The maximum Gasteiger partial charge on any atom is 0.204 e. The molecule has 1 heterocycles. The third-order valence-corrected chi connectivity index (χ3v) is 7.01. The highest BCUT2D eigenvalue weighted by atomic mass is 32.2. The molecule has 0 amide bonds. The first-order chi connectivity index (χ1) is 14.6. The predicted octanol–water partition coefficient (Wildman–Crippen LogP) is 5.06. The van der Waals surface area contributed by atoms with E-state index in [1.807, 2.05) is 25.2 Å². The van der Waals surface area contributed by atoms with Crippen LogP contribution in [0.4, 0.5) is 5.69 Å². The fourth-order valence-corrected chi connectivity index (χ4v) is 5.60. The van der Waals surface area contributed by atoms with Crippen molar-refractivity contribution in [1.82, 2.24) is 0 Å². The van der Waals surface area contributed by atoms with Gasteiger partial charge in [-0.2, -0.15) is 0 Å². The van der Waals surface area contributed by atoms with Crippen LogP contribution in [0.25, 0.3) is 10.8 Å². The van der Waals surface area contributed by atoms with Gasteiger partial charge in [-0.15, -0.1) is 0 Å². The number of carbonyl (C=O) groups excluding carboxylic acids is 1. The molecule has 5 nitrogen and oxygen atoms in total. The van der Waals surface area contributed by atoms with Gasteiger partial charge in [0.15, 0.2) is 17.3 Å². The van der Waals surface area contributed by atoms with Gasteiger partial charge in [0.2, 0.25) is 5.75 Å². The summed E-state index contributed by atoms with van der Waals surface area (Å²) in [6.45, 7) is 0. The minimum atomic E-state index is -0.0192. The Morgan fingerprint density at radius 3 is 2.47 bits per heavy atom. The number of hydrogen-bond acceptors (Lipinski definition) is 6. The zero-order chi connectivity index (χ0) is 21.0. The summed E-state index contributed by atoms with van der Waals surface area (Å²) in [4.78, 5) is 16.8. The molecule has 0 saturated heterocycles. The van der Waals surface area contributed by atoms with Crippen LogP contribution in [-0.4, -0.2) is 34.2 Å². The summed E-state index contributed by atoms with van der Waals surface area (Å²) in [5, 5.41) is 3.33. The summed E-state index contributed by atoms with van der Waals surface area (Å²) in [7, 11) is 6.72. The normalized spacial score (nSPS) is 17.3. The zero-order valence-electron chi connectivity index (χ0n) is 17.2. The van der Waals surface area contributed by atoms with Gasteiger partial charge in [0.25, 0.3) is 0 Å². The minimum absolute atomic E-state index is 0.0192. The molecule has 0 saturated carbocycles. The van der Waals surface area contributed by atoms with E-state index in [1.165, 1.54) is 10.8 Å². The lowest BCUT2D eigenvalue weighted by Gasteiger charge is -2.17. The number of benzene rings is 3. The fraction of sp³-hybridized carbons (Fsp3) is 0.208. The third-order valence-electron chi connectivity index (χ3n) is 5.75. The summed E-state index contributed by atoms with van der Waals surface area (Å²) in [6, 6.07) is 14.5. The summed E-state index contributed by atoms with van der Waals surface area (Å²) < 4.78 is 16.5. The second-order valence-electron chi connectivity index (χ2n) is 7.26. The van der Waals surface area contributed by atoms with Crippen LogP contribution in [0, 0.1) is 0 Å². The van der Waals surface area contributed by atoms with Crippen molar-refractivity contribution < 1.29 is 19.0 Å². The van der Waals surface area contributed by atoms with E-state index in [0.717, 1.165) is 26.7 Å². The minimum Gasteiger partial charge on any atom is -0.493 e. The number of thioether (sulfide) groups is 1. The van der Waals surface area contributed by atoms with Gasteiger partial charge in [0.1, 0.15) is 0 Å². The maximum absolute atomic E-state index is 13.5. The molecule has 3 aromatic carbocycles. The first-order valence-electron chi connectivity index (χ1n) is 9.62. The molecular formula is C24H21NO4S. The number of ketones is 1. The Balaban J connectivity index is 1.66. The smallest absolute Gasteiger partial charge is 0.204 e. The van der Waals surface area contributed by atoms with Crippen molar-refractivity contribution in [3.05, 3.63) is 64.2 Å². The lowest BCUT2D eigenvalue weighted by atomic mass is 10.1. The highest BCUT2D eigenvalue weighted by Gasteiger charge is 2.38. The van der Waals surface area contributed by atoms with Crippen LogP contribution < -0.4 is 19.1 Å². The van der Waals surface area contributed by atoms with Gasteiger partial charge < -0.3 is 19.1 Å². The molecule has 152 valence electrons. The second kappa shape index (κ2) is 6.99. The molecule has 0 N–H and O–H groups in total. The molecular weight excluding hydrogens is 398 g/mol. The second-order valence-corrected chi connectivity index (χ2v) is 8.29. The Hall–Kier alpha value is -3.12. The molecule has 0 bridgehead atoms. The Morgan fingerprint density at radius 1 is 0.967 bits per heavy atom. The molecule has 3 aromatic rings. The van der Waals surface area contributed by atoms with E-state index in [2.05, 4.69) is 29.2 Å². The van der Waals surface area contributed by atoms with E-state index in [0.29, 0.717) is 29.2 Å². The van der Waals surface area contributed by atoms with Crippen LogP contribution >= 0.6 is 11.8 Å². The van der Waals surface area contributed by atoms with Crippen LogP contribution in [-0.2, 0) is 6.42 Å². The number of rotatable bonds is 3. The van der Waals surface area contributed by atoms with Gasteiger partial charge in [0.05, 0.1) is 37.6 Å². The van der Waals surface area contributed by atoms with Gasteiger partial charge in [-0.05, 0) is 23.1 Å². The summed E-state index contributed by atoms with van der Waals surface area (Å²) >= 11 is 1.65. The van der Waals surface area contributed by atoms with E-state index in [1.54, 1.807) is 33.1 Å². The standard InChI is InChI=1S/C24H21NO4S/c1-25-20-15-8-6-5-7-13(15)9-10-18(20)30-24(25)16-11-14-12-17(27-2)22(28-3)23(29-4)19(14)21(16)26/h5-10,12H,11H2,1-4H3/b24-16-. The van der Waals surface area contributed by atoms with Crippen molar-refractivity contribution in [3.63, 3.8) is 0 Å². The van der Waals surface area contributed by atoms with Crippen molar-refractivity contribution in [3.8, 4) is 17.2 Å². The number of anilines is 1. The molecule has 0 spiro atoms. The fourth-order valence-electron chi connectivity index (χ4n) is 4.39.